The molecule has 0 bridgehead atoms. The standard InChI is InChI=1S/C16H10ClFN2O3/c17-9-3-1-8(2-4-9)16(22)20-13-11-7-10(18)5-6-12(11)23-14(13)15(19)21/h1-7H,(H2,19,21)(H,20,22). The largest absolute Gasteiger partial charge is 0.449 e. The number of hydrogen-bond acceptors (Lipinski definition) is 3. The Morgan fingerprint density at radius 1 is 1.13 bits per heavy atom. The van der Waals surface area contributed by atoms with Gasteiger partial charge in [-0.25, -0.2) is 4.39 Å². The van der Waals surface area contributed by atoms with Crippen molar-refractivity contribution in [3.8, 4) is 0 Å². The van der Waals surface area contributed by atoms with Gasteiger partial charge in [-0.3, -0.25) is 9.59 Å². The van der Waals surface area contributed by atoms with E-state index in [0.29, 0.717) is 10.6 Å². The summed E-state index contributed by atoms with van der Waals surface area (Å²) in [4.78, 5) is 23.8. The summed E-state index contributed by atoms with van der Waals surface area (Å²) in [7, 11) is 0. The lowest BCUT2D eigenvalue weighted by Crippen LogP contribution is -2.17. The Labute approximate surface area is 134 Å². The number of halogens is 2. The first-order valence-electron chi connectivity index (χ1n) is 6.54. The van der Waals surface area contributed by atoms with Crippen molar-refractivity contribution >= 4 is 40.1 Å². The molecule has 116 valence electrons. The molecule has 0 aliphatic heterocycles. The Kier molecular flexibility index (Phi) is 3.75. The van der Waals surface area contributed by atoms with Gasteiger partial charge in [0.05, 0.1) is 0 Å². The molecule has 0 saturated heterocycles. The fraction of sp³-hybridized carbons (Fsp3) is 0. The lowest BCUT2D eigenvalue weighted by Gasteiger charge is -2.05. The summed E-state index contributed by atoms with van der Waals surface area (Å²) in [6.45, 7) is 0. The van der Waals surface area contributed by atoms with Gasteiger partial charge in [-0.05, 0) is 42.5 Å². The third-order valence-corrected chi connectivity index (χ3v) is 3.47. The van der Waals surface area contributed by atoms with Crippen LogP contribution in [0.25, 0.3) is 11.0 Å². The van der Waals surface area contributed by atoms with Gasteiger partial charge in [0.1, 0.15) is 17.1 Å². The Hall–Kier alpha value is -2.86. The van der Waals surface area contributed by atoms with Gasteiger partial charge in [-0.2, -0.15) is 0 Å². The highest BCUT2D eigenvalue weighted by Gasteiger charge is 2.21. The summed E-state index contributed by atoms with van der Waals surface area (Å²) < 4.78 is 18.7. The Balaban J connectivity index is 2.05. The van der Waals surface area contributed by atoms with Crippen molar-refractivity contribution < 1.29 is 18.4 Å². The summed E-state index contributed by atoms with van der Waals surface area (Å²) in [6, 6.07) is 9.84. The van der Waals surface area contributed by atoms with Gasteiger partial charge in [0, 0.05) is 16.0 Å². The molecule has 0 radical (unpaired) electrons. The summed E-state index contributed by atoms with van der Waals surface area (Å²) in [6.07, 6.45) is 0. The number of carbonyl (C=O) groups is 2. The minimum Gasteiger partial charge on any atom is -0.449 e. The molecule has 1 heterocycles. The van der Waals surface area contributed by atoms with E-state index in [9.17, 15) is 14.0 Å². The maximum absolute atomic E-state index is 13.4. The molecule has 23 heavy (non-hydrogen) atoms. The summed E-state index contributed by atoms with van der Waals surface area (Å²) in [5.74, 6) is -2.15. The number of primary amides is 1. The molecule has 0 aliphatic rings. The number of benzene rings is 2. The average molecular weight is 333 g/mol. The number of nitrogens with one attached hydrogen (secondary N) is 1. The number of carbonyl (C=O) groups excluding carboxylic acids is 2. The van der Waals surface area contributed by atoms with E-state index in [0.717, 1.165) is 6.07 Å². The van der Waals surface area contributed by atoms with E-state index in [1.807, 2.05) is 0 Å². The van der Waals surface area contributed by atoms with Gasteiger partial charge in [-0.1, -0.05) is 11.6 Å². The fourth-order valence-electron chi connectivity index (χ4n) is 2.15. The highest BCUT2D eigenvalue weighted by atomic mass is 35.5. The predicted molar refractivity (Wildman–Crippen MR) is 84.1 cm³/mol. The van der Waals surface area contributed by atoms with E-state index in [-0.39, 0.29) is 22.4 Å². The Morgan fingerprint density at radius 2 is 1.83 bits per heavy atom. The number of nitrogens with two attached hydrogens (primary N) is 1. The highest BCUT2D eigenvalue weighted by molar-refractivity contribution is 6.30. The highest BCUT2D eigenvalue weighted by Crippen LogP contribution is 2.31. The van der Waals surface area contributed by atoms with Crippen molar-refractivity contribution in [2.45, 2.75) is 0 Å². The number of fused-ring (bicyclic) bond motifs is 1. The monoisotopic (exact) mass is 332 g/mol. The van der Waals surface area contributed by atoms with Crippen LogP contribution >= 0.6 is 11.6 Å². The van der Waals surface area contributed by atoms with Crippen LogP contribution < -0.4 is 11.1 Å². The molecule has 3 rings (SSSR count). The molecule has 0 unspecified atom stereocenters. The molecular formula is C16H10ClFN2O3. The van der Waals surface area contributed by atoms with Crippen LogP contribution in [0.1, 0.15) is 20.9 Å². The number of amides is 2. The van der Waals surface area contributed by atoms with Crippen LogP contribution in [-0.2, 0) is 0 Å². The van der Waals surface area contributed by atoms with Gasteiger partial charge in [-0.15, -0.1) is 0 Å². The zero-order valence-electron chi connectivity index (χ0n) is 11.6. The van der Waals surface area contributed by atoms with E-state index < -0.39 is 17.6 Å². The lowest BCUT2D eigenvalue weighted by molar-refractivity contribution is 0.0977. The van der Waals surface area contributed by atoms with Crippen molar-refractivity contribution in [2.75, 3.05) is 5.32 Å². The zero-order valence-corrected chi connectivity index (χ0v) is 12.4. The summed E-state index contributed by atoms with van der Waals surface area (Å²) in [5, 5.41) is 3.27. The van der Waals surface area contributed by atoms with Crippen molar-refractivity contribution in [2.24, 2.45) is 5.73 Å². The third kappa shape index (κ3) is 2.89. The number of rotatable bonds is 3. The quantitative estimate of drug-likeness (QED) is 0.768. The van der Waals surface area contributed by atoms with Gasteiger partial charge < -0.3 is 15.5 Å². The second kappa shape index (κ2) is 5.73. The topological polar surface area (TPSA) is 85.3 Å². The molecule has 5 nitrogen and oxygen atoms in total. The molecule has 2 aromatic carbocycles. The molecule has 3 N–H and O–H groups in total. The van der Waals surface area contributed by atoms with Crippen LogP contribution in [0.3, 0.4) is 0 Å². The smallest absolute Gasteiger partial charge is 0.286 e. The minimum atomic E-state index is -0.868. The fourth-order valence-corrected chi connectivity index (χ4v) is 2.28. The van der Waals surface area contributed by atoms with Crippen LogP contribution in [0.15, 0.2) is 46.9 Å². The number of furan rings is 1. The van der Waals surface area contributed by atoms with Gasteiger partial charge >= 0.3 is 0 Å². The SMILES string of the molecule is NC(=O)c1oc2ccc(F)cc2c1NC(=O)c1ccc(Cl)cc1. The predicted octanol–water partition coefficient (Wildman–Crippen LogP) is 3.58. The second-order valence-electron chi connectivity index (χ2n) is 4.77. The third-order valence-electron chi connectivity index (χ3n) is 3.22. The Morgan fingerprint density at radius 3 is 2.48 bits per heavy atom. The van der Waals surface area contributed by atoms with Crippen molar-refractivity contribution in [3.63, 3.8) is 0 Å². The molecule has 0 fully saturated rings. The van der Waals surface area contributed by atoms with Gasteiger partial charge in [0.15, 0.2) is 0 Å². The van der Waals surface area contributed by atoms with Crippen LogP contribution in [0.4, 0.5) is 10.1 Å². The maximum Gasteiger partial charge on any atom is 0.286 e. The first kappa shape index (κ1) is 15.1. The van der Waals surface area contributed by atoms with Crippen LogP contribution in [0, 0.1) is 5.82 Å². The molecule has 2 amide bonds. The molecule has 7 heteroatoms. The molecule has 1 aromatic heterocycles. The Bertz CT molecular complexity index is 919. The van der Waals surface area contributed by atoms with Crippen LogP contribution in [0.5, 0.6) is 0 Å². The first-order valence-corrected chi connectivity index (χ1v) is 6.92. The average Bonchev–Trinajstić information content (AvgIpc) is 2.86. The lowest BCUT2D eigenvalue weighted by atomic mass is 10.1. The molecule has 0 atom stereocenters. The second-order valence-corrected chi connectivity index (χ2v) is 5.21. The van der Waals surface area contributed by atoms with Crippen molar-refractivity contribution in [1.29, 1.82) is 0 Å². The minimum absolute atomic E-state index is 0.0342. The summed E-state index contributed by atoms with van der Waals surface area (Å²) in [5.41, 5.74) is 5.85. The van der Waals surface area contributed by atoms with E-state index in [2.05, 4.69) is 5.32 Å². The number of anilines is 1. The first-order chi connectivity index (χ1) is 11.0. The normalized spacial score (nSPS) is 10.7. The van der Waals surface area contributed by atoms with Crippen LogP contribution in [-0.4, -0.2) is 11.8 Å². The van der Waals surface area contributed by atoms with Crippen molar-refractivity contribution in [1.82, 2.24) is 0 Å². The molecule has 0 spiro atoms. The van der Waals surface area contributed by atoms with E-state index >= 15 is 0 Å². The zero-order chi connectivity index (χ0) is 16.6. The van der Waals surface area contributed by atoms with E-state index in [1.54, 1.807) is 12.1 Å². The molecular weight excluding hydrogens is 323 g/mol. The van der Waals surface area contributed by atoms with Crippen LogP contribution in [0.2, 0.25) is 5.02 Å². The van der Waals surface area contributed by atoms with Crippen molar-refractivity contribution in [3.05, 3.63) is 64.6 Å². The van der Waals surface area contributed by atoms with E-state index in [4.69, 9.17) is 21.8 Å². The summed E-state index contributed by atoms with van der Waals surface area (Å²) >= 11 is 5.77. The van der Waals surface area contributed by atoms with Gasteiger partial charge in [0.25, 0.3) is 11.8 Å². The number of hydrogen-bond donors (Lipinski definition) is 2. The molecule has 0 aliphatic carbocycles. The molecule has 0 saturated carbocycles. The molecule has 3 aromatic rings. The maximum atomic E-state index is 13.4. The van der Waals surface area contributed by atoms with E-state index in [1.165, 1.54) is 24.3 Å². The van der Waals surface area contributed by atoms with Gasteiger partial charge in [0.2, 0.25) is 5.76 Å².